The predicted molar refractivity (Wildman–Crippen MR) is 71.0 cm³/mol. The first-order chi connectivity index (χ1) is 8.40. The van der Waals surface area contributed by atoms with E-state index < -0.39 is 6.04 Å². The number of carbonyl (C=O) groups is 2. The van der Waals surface area contributed by atoms with Crippen LogP contribution < -0.4 is 10.6 Å². The molecule has 0 saturated carbocycles. The van der Waals surface area contributed by atoms with Crippen LogP contribution in [0.25, 0.3) is 0 Å². The van der Waals surface area contributed by atoms with E-state index in [-0.39, 0.29) is 17.9 Å². The third-order valence-electron chi connectivity index (χ3n) is 2.71. The lowest BCUT2D eigenvalue weighted by molar-refractivity contribution is -0.128. The van der Waals surface area contributed by atoms with Crippen LogP contribution in [-0.2, 0) is 9.59 Å². The van der Waals surface area contributed by atoms with Crippen LogP contribution in [0.3, 0.4) is 0 Å². The maximum absolute atomic E-state index is 11.8. The van der Waals surface area contributed by atoms with Crippen molar-refractivity contribution >= 4 is 11.8 Å². The van der Waals surface area contributed by atoms with Crippen LogP contribution in [0.1, 0.15) is 37.9 Å². The number of aryl methyl sites for hydroxylation is 1. The summed E-state index contributed by atoms with van der Waals surface area (Å²) in [6.07, 6.45) is 0. The summed E-state index contributed by atoms with van der Waals surface area (Å²) >= 11 is 0. The molecule has 0 aliphatic carbocycles. The third-order valence-corrected chi connectivity index (χ3v) is 2.71. The van der Waals surface area contributed by atoms with E-state index in [1.807, 2.05) is 38.1 Å². The standard InChI is InChI=1S/C14H20N2O2/c1-9-6-5-7-13(8-9)10(2)16-14(18)11(3)15-12(4)17/h5-8,10-11H,1-4H3,(H,15,17)(H,16,18)/t10-,11-/m1/s1. The van der Waals surface area contributed by atoms with Crippen molar-refractivity contribution in [2.24, 2.45) is 0 Å². The summed E-state index contributed by atoms with van der Waals surface area (Å²) in [6.45, 7) is 7.00. The predicted octanol–water partition coefficient (Wildman–Crippen LogP) is 1.70. The number of hydrogen-bond acceptors (Lipinski definition) is 2. The smallest absolute Gasteiger partial charge is 0.242 e. The molecule has 98 valence electrons. The van der Waals surface area contributed by atoms with E-state index in [0.717, 1.165) is 11.1 Å². The van der Waals surface area contributed by atoms with Gasteiger partial charge in [-0.25, -0.2) is 0 Å². The fourth-order valence-electron chi connectivity index (χ4n) is 1.73. The highest BCUT2D eigenvalue weighted by Gasteiger charge is 2.16. The highest BCUT2D eigenvalue weighted by Crippen LogP contribution is 2.13. The second kappa shape index (κ2) is 6.19. The first kappa shape index (κ1) is 14.2. The Morgan fingerprint density at radius 1 is 1.17 bits per heavy atom. The Bertz CT molecular complexity index is 443. The molecule has 18 heavy (non-hydrogen) atoms. The Labute approximate surface area is 108 Å². The van der Waals surface area contributed by atoms with Crippen LogP contribution in [0.4, 0.5) is 0 Å². The molecule has 0 heterocycles. The average Bonchev–Trinajstić information content (AvgIpc) is 2.27. The van der Waals surface area contributed by atoms with E-state index in [9.17, 15) is 9.59 Å². The number of rotatable bonds is 4. The first-order valence-electron chi connectivity index (χ1n) is 6.04. The maximum atomic E-state index is 11.8. The molecule has 0 aliphatic rings. The summed E-state index contributed by atoms with van der Waals surface area (Å²) in [7, 11) is 0. The number of benzene rings is 1. The summed E-state index contributed by atoms with van der Waals surface area (Å²) in [5, 5.41) is 5.43. The molecule has 0 aromatic heterocycles. The fraction of sp³-hybridized carbons (Fsp3) is 0.429. The van der Waals surface area contributed by atoms with E-state index in [4.69, 9.17) is 0 Å². The quantitative estimate of drug-likeness (QED) is 0.852. The lowest BCUT2D eigenvalue weighted by atomic mass is 10.1. The molecule has 0 aliphatic heterocycles. The number of nitrogens with one attached hydrogen (secondary N) is 2. The minimum Gasteiger partial charge on any atom is -0.348 e. The van der Waals surface area contributed by atoms with Crippen molar-refractivity contribution in [3.05, 3.63) is 35.4 Å². The van der Waals surface area contributed by atoms with Gasteiger partial charge < -0.3 is 10.6 Å². The molecule has 2 atom stereocenters. The maximum Gasteiger partial charge on any atom is 0.242 e. The summed E-state index contributed by atoms with van der Waals surface area (Å²) in [5.41, 5.74) is 2.21. The van der Waals surface area contributed by atoms with Gasteiger partial charge in [-0.2, -0.15) is 0 Å². The van der Waals surface area contributed by atoms with Gasteiger partial charge in [0, 0.05) is 6.92 Å². The zero-order chi connectivity index (χ0) is 13.7. The van der Waals surface area contributed by atoms with Gasteiger partial charge in [0.05, 0.1) is 6.04 Å². The van der Waals surface area contributed by atoms with Crippen LogP contribution in [0.15, 0.2) is 24.3 Å². The summed E-state index contributed by atoms with van der Waals surface area (Å²) in [4.78, 5) is 22.7. The van der Waals surface area contributed by atoms with E-state index in [0.29, 0.717) is 0 Å². The highest BCUT2D eigenvalue weighted by atomic mass is 16.2. The number of hydrogen-bond donors (Lipinski definition) is 2. The molecule has 4 nitrogen and oxygen atoms in total. The van der Waals surface area contributed by atoms with Gasteiger partial charge >= 0.3 is 0 Å². The summed E-state index contributed by atoms with van der Waals surface area (Å²) < 4.78 is 0. The van der Waals surface area contributed by atoms with Crippen molar-refractivity contribution in [3.8, 4) is 0 Å². The van der Waals surface area contributed by atoms with Crippen LogP contribution in [0.2, 0.25) is 0 Å². The van der Waals surface area contributed by atoms with Crippen LogP contribution in [0, 0.1) is 6.92 Å². The lowest BCUT2D eigenvalue weighted by Gasteiger charge is -2.18. The Hall–Kier alpha value is -1.84. The minimum atomic E-state index is -0.519. The zero-order valence-electron chi connectivity index (χ0n) is 11.3. The van der Waals surface area contributed by atoms with Crippen molar-refractivity contribution in [2.45, 2.75) is 39.8 Å². The third kappa shape index (κ3) is 4.20. The lowest BCUT2D eigenvalue weighted by Crippen LogP contribution is -2.44. The Morgan fingerprint density at radius 2 is 1.83 bits per heavy atom. The van der Waals surface area contributed by atoms with Gasteiger partial charge in [0.25, 0.3) is 0 Å². The van der Waals surface area contributed by atoms with Gasteiger partial charge in [-0.05, 0) is 26.3 Å². The van der Waals surface area contributed by atoms with E-state index >= 15 is 0 Å². The van der Waals surface area contributed by atoms with E-state index in [1.165, 1.54) is 6.92 Å². The molecule has 0 unspecified atom stereocenters. The Kier molecular flexibility index (Phi) is 4.89. The first-order valence-corrected chi connectivity index (χ1v) is 6.04. The van der Waals surface area contributed by atoms with Gasteiger partial charge in [-0.15, -0.1) is 0 Å². The van der Waals surface area contributed by atoms with Crippen LogP contribution in [-0.4, -0.2) is 17.9 Å². The van der Waals surface area contributed by atoms with Gasteiger partial charge in [-0.1, -0.05) is 29.8 Å². The topological polar surface area (TPSA) is 58.2 Å². The van der Waals surface area contributed by atoms with Gasteiger partial charge in [-0.3, -0.25) is 9.59 Å². The second-order valence-electron chi connectivity index (χ2n) is 4.57. The van der Waals surface area contributed by atoms with Crippen molar-refractivity contribution in [1.82, 2.24) is 10.6 Å². The normalized spacial score (nSPS) is 13.6. The van der Waals surface area contributed by atoms with Crippen molar-refractivity contribution in [2.75, 3.05) is 0 Å². The van der Waals surface area contributed by atoms with Crippen LogP contribution in [0.5, 0.6) is 0 Å². The Morgan fingerprint density at radius 3 is 2.39 bits per heavy atom. The minimum absolute atomic E-state index is 0.0754. The SMILES string of the molecule is CC(=O)N[C@H](C)C(=O)N[C@H](C)c1cccc(C)c1. The summed E-state index contributed by atoms with van der Waals surface area (Å²) in [6, 6.07) is 7.39. The van der Waals surface area contributed by atoms with Gasteiger partial charge in [0.15, 0.2) is 0 Å². The molecular weight excluding hydrogens is 228 g/mol. The van der Waals surface area contributed by atoms with E-state index in [2.05, 4.69) is 10.6 Å². The molecular formula is C14H20N2O2. The van der Waals surface area contributed by atoms with Crippen molar-refractivity contribution in [3.63, 3.8) is 0 Å². The Balaban J connectivity index is 2.62. The molecule has 4 heteroatoms. The molecule has 1 aromatic carbocycles. The van der Waals surface area contributed by atoms with Crippen LogP contribution >= 0.6 is 0 Å². The molecule has 0 spiro atoms. The van der Waals surface area contributed by atoms with Gasteiger partial charge in [0.2, 0.25) is 11.8 Å². The fourth-order valence-corrected chi connectivity index (χ4v) is 1.73. The number of carbonyl (C=O) groups excluding carboxylic acids is 2. The largest absolute Gasteiger partial charge is 0.348 e. The number of amides is 2. The van der Waals surface area contributed by atoms with Gasteiger partial charge in [0.1, 0.15) is 6.04 Å². The molecule has 1 aromatic rings. The highest BCUT2D eigenvalue weighted by molar-refractivity contribution is 5.86. The zero-order valence-corrected chi connectivity index (χ0v) is 11.3. The monoisotopic (exact) mass is 248 g/mol. The average molecular weight is 248 g/mol. The molecule has 0 radical (unpaired) electrons. The molecule has 0 saturated heterocycles. The molecule has 0 bridgehead atoms. The van der Waals surface area contributed by atoms with Crippen molar-refractivity contribution < 1.29 is 9.59 Å². The molecule has 1 rings (SSSR count). The summed E-state index contributed by atoms with van der Waals surface area (Å²) in [5.74, 6) is -0.389. The van der Waals surface area contributed by atoms with E-state index in [1.54, 1.807) is 6.92 Å². The second-order valence-corrected chi connectivity index (χ2v) is 4.57. The van der Waals surface area contributed by atoms with Crippen molar-refractivity contribution in [1.29, 1.82) is 0 Å². The molecule has 0 fully saturated rings. The molecule has 2 N–H and O–H groups in total. The molecule has 2 amide bonds.